The summed E-state index contributed by atoms with van der Waals surface area (Å²) in [7, 11) is 0. The standard InChI is InChI=1S/C19H23N3OS2/c1-4-16(23-13-1)7-10-20-19(21-11-8-17-5-2-14-24-17)22-12-9-18-6-3-15-25-18/h1-6,13-15H,7-12H2,(H2,20,21,22). The van der Waals surface area contributed by atoms with Gasteiger partial charge in [-0.15, -0.1) is 22.7 Å². The Labute approximate surface area is 156 Å². The van der Waals surface area contributed by atoms with E-state index in [1.807, 2.05) is 12.1 Å². The van der Waals surface area contributed by atoms with Crippen LogP contribution in [0.15, 0.2) is 62.8 Å². The minimum Gasteiger partial charge on any atom is -0.469 e. The molecule has 0 atom stereocenters. The Morgan fingerprint density at radius 1 is 0.880 bits per heavy atom. The van der Waals surface area contributed by atoms with Crippen molar-refractivity contribution in [2.45, 2.75) is 19.3 Å². The van der Waals surface area contributed by atoms with Gasteiger partial charge in [0.2, 0.25) is 0 Å². The summed E-state index contributed by atoms with van der Waals surface area (Å²) >= 11 is 3.58. The first-order chi connectivity index (χ1) is 12.4. The van der Waals surface area contributed by atoms with Crippen LogP contribution in [-0.4, -0.2) is 25.6 Å². The number of rotatable bonds is 9. The molecule has 25 heavy (non-hydrogen) atoms. The minimum absolute atomic E-state index is 0.787. The highest BCUT2D eigenvalue weighted by Crippen LogP contribution is 2.09. The molecule has 2 N–H and O–H groups in total. The van der Waals surface area contributed by atoms with Crippen LogP contribution in [0.3, 0.4) is 0 Å². The molecule has 0 bridgehead atoms. The lowest BCUT2D eigenvalue weighted by atomic mass is 10.3. The van der Waals surface area contributed by atoms with E-state index in [2.05, 4.69) is 45.7 Å². The molecule has 0 aliphatic rings. The summed E-state index contributed by atoms with van der Waals surface area (Å²) in [6.45, 7) is 2.47. The van der Waals surface area contributed by atoms with E-state index in [4.69, 9.17) is 9.41 Å². The molecule has 3 aromatic heterocycles. The molecular formula is C19H23N3OS2. The van der Waals surface area contributed by atoms with E-state index >= 15 is 0 Å². The summed E-state index contributed by atoms with van der Waals surface area (Å²) in [4.78, 5) is 7.47. The maximum atomic E-state index is 5.38. The summed E-state index contributed by atoms with van der Waals surface area (Å²) in [6.07, 6.45) is 4.56. The minimum atomic E-state index is 0.787. The van der Waals surface area contributed by atoms with Crippen LogP contribution in [0.1, 0.15) is 15.5 Å². The van der Waals surface area contributed by atoms with Gasteiger partial charge in [-0.2, -0.15) is 0 Å². The van der Waals surface area contributed by atoms with E-state index < -0.39 is 0 Å². The number of thiophene rings is 2. The van der Waals surface area contributed by atoms with Gasteiger partial charge in [0.05, 0.1) is 6.26 Å². The van der Waals surface area contributed by atoms with Crippen molar-refractivity contribution in [1.82, 2.24) is 10.6 Å². The van der Waals surface area contributed by atoms with Crippen LogP contribution in [0.4, 0.5) is 0 Å². The van der Waals surface area contributed by atoms with E-state index in [1.165, 1.54) is 9.75 Å². The van der Waals surface area contributed by atoms with Crippen molar-refractivity contribution < 1.29 is 4.42 Å². The zero-order valence-electron chi connectivity index (χ0n) is 14.1. The Morgan fingerprint density at radius 3 is 2.24 bits per heavy atom. The molecule has 0 unspecified atom stereocenters. The Kier molecular flexibility index (Phi) is 7.15. The molecule has 0 aliphatic carbocycles. The SMILES string of the molecule is c1coc(CCNC(=NCCc2cccs2)NCCc2cccs2)c1. The van der Waals surface area contributed by atoms with Crippen LogP contribution in [0.5, 0.6) is 0 Å². The van der Waals surface area contributed by atoms with Gasteiger partial charge in [-0.05, 0) is 41.4 Å². The number of hydrogen-bond acceptors (Lipinski definition) is 4. The summed E-state index contributed by atoms with van der Waals surface area (Å²) in [5, 5.41) is 11.1. The molecule has 6 heteroatoms. The van der Waals surface area contributed by atoms with Crippen molar-refractivity contribution in [1.29, 1.82) is 0 Å². The van der Waals surface area contributed by atoms with E-state index in [1.54, 1.807) is 28.9 Å². The maximum Gasteiger partial charge on any atom is 0.191 e. The van der Waals surface area contributed by atoms with Gasteiger partial charge in [0.1, 0.15) is 5.76 Å². The molecule has 0 spiro atoms. The fourth-order valence-electron chi connectivity index (χ4n) is 2.42. The highest BCUT2D eigenvalue weighted by atomic mass is 32.1. The van der Waals surface area contributed by atoms with Gasteiger partial charge in [-0.1, -0.05) is 12.1 Å². The third-order valence-corrected chi connectivity index (χ3v) is 5.57. The molecule has 0 radical (unpaired) electrons. The topological polar surface area (TPSA) is 49.6 Å². The van der Waals surface area contributed by atoms with Crippen LogP contribution in [-0.2, 0) is 19.3 Å². The lowest BCUT2D eigenvalue weighted by Gasteiger charge is -2.12. The molecule has 132 valence electrons. The average molecular weight is 374 g/mol. The van der Waals surface area contributed by atoms with Crippen LogP contribution >= 0.6 is 22.7 Å². The monoisotopic (exact) mass is 373 g/mol. The molecule has 0 saturated carbocycles. The molecule has 0 saturated heterocycles. The molecule has 0 aliphatic heterocycles. The highest BCUT2D eigenvalue weighted by Gasteiger charge is 2.02. The summed E-state index contributed by atoms with van der Waals surface area (Å²) in [5.74, 6) is 1.86. The number of aliphatic imine (C=N–C) groups is 1. The van der Waals surface area contributed by atoms with Gasteiger partial charge in [-0.3, -0.25) is 4.99 Å². The number of hydrogen-bond donors (Lipinski definition) is 2. The third-order valence-electron chi connectivity index (χ3n) is 3.70. The molecule has 3 heterocycles. The van der Waals surface area contributed by atoms with Crippen LogP contribution in [0.25, 0.3) is 0 Å². The third kappa shape index (κ3) is 6.40. The van der Waals surface area contributed by atoms with Gasteiger partial charge in [-0.25, -0.2) is 0 Å². The molecule has 0 aromatic carbocycles. The van der Waals surface area contributed by atoms with Crippen molar-refractivity contribution in [3.05, 3.63) is 68.9 Å². The van der Waals surface area contributed by atoms with E-state index in [-0.39, 0.29) is 0 Å². The zero-order chi connectivity index (χ0) is 17.2. The molecule has 3 aromatic rings. The molecule has 3 rings (SSSR count). The first-order valence-corrected chi connectivity index (χ1v) is 10.3. The lowest BCUT2D eigenvalue weighted by Crippen LogP contribution is -2.39. The van der Waals surface area contributed by atoms with Crippen molar-refractivity contribution in [2.24, 2.45) is 4.99 Å². The zero-order valence-corrected chi connectivity index (χ0v) is 15.7. The van der Waals surface area contributed by atoms with Crippen molar-refractivity contribution in [3.63, 3.8) is 0 Å². The lowest BCUT2D eigenvalue weighted by molar-refractivity contribution is 0.506. The molecular weight excluding hydrogens is 350 g/mol. The van der Waals surface area contributed by atoms with Gasteiger partial charge in [0.25, 0.3) is 0 Å². The predicted octanol–water partition coefficient (Wildman–Crippen LogP) is 3.97. The summed E-state index contributed by atoms with van der Waals surface area (Å²) in [6, 6.07) is 12.4. The summed E-state index contributed by atoms with van der Waals surface area (Å²) in [5.41, 5.74) is 0. The van der Waals surface area contributed by atoms with E-state index in [0.717, 1.165) is 50.6 Å². The number of furan rings is 1. The largest absolute Gasteiger partial charge is 0.469 e. The van der Waals surface area contributed by atoms with Crippen molar-refractivity contribution >= 4 is 28.6 Å². The molecule has 0 fully saturated rings. The predicted molar refractivity (Wildman–Crippen MR) is 107 cm³/mol. The second-order valence-electron chi connectivity index (χ2n) is 5.57. The van der Waals surface area contributed by atoms with Crippen molar-refractivity contribution in [2.75, 3.05) is 19.6 Å². The average Bonchev–Trinajstić information content (AvgIpc) is 3.38. The second kappa shape index (κ2) is 10.1. The Hall–Kier alpha value is -2.05. The number of nitrogens with zero attached hydrogens (tertiary/aromatic N) is 1. The van der Waals surface area contributed by atoms with Crippen LogP contribution in [0.2, 0.25) is 0 Å². The summed E-state index contributed by atoms with van der Waals surface area (Å²) < 4.78 is 5.38. The Morgan fingerprint density at radius 2 is 1.60 bits per heavy atom. The van der Waals surface area contributed by atoms with Gasteiger partial charge < -0.3 is 15.1 Å². The van der Waals surface area contributed by atoms with Gasteiger partial charge >= 0.3 is 0 Å². The maximum absolute atomic E-state index is 5.38. The quantitative estimate of drug-likeness (QED) is 0.441. The molecule has 4 nitrogen and oxygen atoms in total. The number of nitrogens with one attached hydrogen (secondary N) is 2. The van der Waals surface area contributed by atoms with E-state index in [0.29, 0.717) is 0 Å². The van der Waals surface area contributed by atoms with Crippen molar-refractivity contribution in [3.8, 4) is 0 Å². The van der Waals surface area contributed by atoms with Crippen LogP contribution in [0, 0.1) is 0 Å². The van der Waals surface area contributed by atoms with Gasteiger partial charge in [0, 0.05) is 42.2 Å². The fraction of sp³-hybridized carbons (Fsp3) is 0.316. The Bertz CT molecular complexity index is 677. The normalized spacial score (nSPS) is 11.6. The highest BCUT2D eigenvalue weighted by molar-refractivity contribution is 7.10. The second-order valence-corrected chi connectivity index (χ2v) is 7.64. The Balaban J connectivity index is 1.46. The van der Waals surface area contributed by atoms with Crippen LogP contribution < -0.4 is 10.6 Å². The first kappa shape index (κ1) is 17.8. The van der Waals surface area contributed by atoms with Gasteiger partial charge in [0.15, 0.2) is 5.96 Å². The fourth-order valence-corrected chi connectivity index (χ4v) is 3.83. The van der Waals surface area contributed by atoms with E-state index in [9.17, 15) is 0 Å². The molecule has 0 amide bonds. The first-order valence-electron chi connectivity index (χ1n) is 8.49. The smallest absolute Gasteiger partial charge is 0.191 e. The number of guanidine groups is 1.